The molecule has 0 amide bonds. The molecule has 4 nitrogen and oxygen atoms in total. The average molecular weight is 298 g/mol. The van der Waals surface area contributed by atoms with Gasteiger partial charge in [-0.25, -0.2) is 9.97 Å². The first-order valence-electron chi connectivity index (χ1n) is 9.08. The molecule has 118 valence electrons. The lowest BCUT2D eigenvalue weighted by atomic mass is 9.51. The van der Waals surface area contributed by atoms with E-state index in [4.69, 9.17) is 10.7 Å². The van der Waals surface area contributed by atoms with Crippen LogP contribution in [0.4, 0.5) is 5.82 Å². The third-order valence-electron chi connectivity index (χ3n) is 6.79. The fourth-order valence-corrected chi connectivity index (χ4v) is 6.12. The molecule has 2 heterocycles. The topological polar surface area (TPSA) is 55.0 Å². The number of nitrogens with zero attached hydrogens (tertiary/aromatic N) is 3. The minimum Gasteiger partial charge on any atom is -0.355 e. The van der Waals surface area contributed by atoms with Crippen LogP contribution >= 0.6 is 0 Å². The van der Waals surface area contributed by atoms with Crippen LogP contribution < -0.4 is 10.6 Å². The molecule has 4 bridgehead atoms. The molecule has 5 fully saturated rings. The molecule has 1 atom stereocenters. The number of aromatic nitrogens is 2. The van der Waals surface area contributed by atoms with Crippen molar-refractivity contribution in [3.8, 4) is 0 Å². The molecule has 2 N–H and O–H groups in total. The van der Waals surface area contributed by atoms with Crippen LogP contribution in [-0.4, -0.2) is 29.1 Å². The maximum absolute atomic E-state index is 6.05. The van der Waals surface area contributed by atoms with E-state index in [-0.39, 0.29) is 0 Å². The van der Waals surface area contributed by atoms with Gasteiger partial charge in [-0.15, -0.1) is 0 Å². The summed E-state index contributed by atoms with van der Waals surface area (Å²) in [5, 5.41) is 0. The van der Waals surface area contributed by atoms with Gasteiger partial charge in [0.1, 0.15) is 12.1 Å². The summed E-state index contributed by atoms with van der Waals surface area (Å²) in [6.07, 6.45) is 10.2. The zero-order chi connectivity index (χ0) is 14.7. The number of hydrogen-bond donors (Lipinski definition) is 1. The van der Waals surface area contributed by atoms with Crippen LogP contribution in [0, 0.1) is 23.7 Å². The lowest BCUT2D eigenvalue weighted by Gasteiger charge is -2.54. The lowest BCUT2D eigenvalue weighted by Crippen LogP contribution is -2.44. The fraction of sp³-hybridized carbons (Fsp3) is 0.778. The van der Waals surface area contributed by atoms with Crippen molar-refractivity contribution in [2.24, 2.45) is 29.4 Å². The third-order valence-corrected chi connectivity index (χ3v) is 6.79. The first-order valence-corrected chi connectivity index (χ1v) is 9.08. The van der Waals surface area contributed by atoms with Crippen molar-refractivity contribution in [3.05, 3.63) is 18.1 Å². The summed E-state index contributed by atoms with van der Waals surface area (Å²) in [7, 11) is 0. The van der Waals surface area contributed by atoms with Crippen LogP contribution in [0.1, 0.15) is 50.1 Å². The molecule has 0 radical (unpaired) electrons. The molecule has 22 heavy (non-hydrogen) atoms. The second-order valence-corrected chi connectivity index (χ2v) is 8.25. The second kappa shape index (κ2) is 4.92. The SMILES string of the molecule is N[C@H]1CCN(c2cc(C3C4CC5CC(C4)CC3C5)ncn2)C1. The van der Waals surface area contributed by atoms with Gasteiger partial charge >= 0.3 is 0 Å². The van der Waals surface area contributed by atoms with E-state index in [1.165, 1.54) is 37.8 Å². The van der Waals surface area contributed by atoms with E-state index in [0.29, 0.717) is 12.0 Å². The van der Waals surface area contributed by atoms with Crippen molar-refractivity contribution in [2.75, 3.05) is 18.0 Å². The van der Waals surface area contributed by atoms with Crippen LogP contribution in [0.3, 0.4) is 0 Å². The molecular formula is C18H26N4. The van der Waals surface area contributed by atoms with Gasteiger partial charge in [0.2, 0.25) is 0 Å². The molecule has 1 saturated heterocycles. The maximum atomic E-state index is 6.05. The Bertz CT molecular complexity index is 544. The smallest absolute Gasteiger partial charge is 0.132 e. The van der Waals surface area contributed by atoms with E-state index in [1.807, 2.05) is 0 Å². The van der Waals surface area contributed by atoms with E-state index in [1.54, 1.807) is 6.33 Å². The molecule has 1 aromatic rings. The predicted molar refractivity (Wildman–Crippen MR) is 86.6 cm³/mol. The zero-order valence-corrected chi connectivity index (χ0v) is 13.2. The van der Waals surface area contributed by atoms with Gasteiger partial charge in [-0.05, 0) is 62.2 Å². The molecular weight excluding hydrogens is 272 g/mol. The average Bonchev–Trinajstić information content (AvgIpc) is 2.93. The Morgan fingerprint density at radius 1 is 1.00 bits per heavy atom. The Hall–Kier alpha value is -1.16. The maximum Gasteiger partial charge on any atom is 0.132 e. The molecule has 0 spiro atoms. The Balaban J connectivity index is 1.43. The summed E-state index contributed by atoms with van der Waals surface area (Å²) < 4.78 is 0. The lowest BCUT2D eigenvalue weighted by molar-refractivity contribution is -0.00417. The highest BCUT2D eigenvalue weighted by Crippen LogP contribution is 2.59. The standard InChI is InChI=1S/C18H26N4/c19-15-1-2-22(9-15)17-8-16(20-10-21-17)18-13-4-11-3-12(6-13)7-14(18)5-11/h8,10-15,18H,1-7,9,19H2/t11?,12?,13?,14?,15-,18?/m0/s1. The second-order valence-electron chi connectivity index (χ2n) is 8.25. The Kier molecular flexibility index (Phi) is 2.97. The van der Waals surface area contributed by atoms with Gasteiger partial charge in [-0.2, -0.15) is 0 Å². The van der Waals surface area contributed by atoms with Crippen LogP contribution in [0.15, 0.2) is 12.4 Å². The van der Waals surface area contributed by atoms with Crippen LogP contribution in [0.25, 0.3) is 0 Å². The van der Waals surface area contributed by atoms with E-state index in [0.717, 1.165) is 49.0 Å². The molecule has 0 unspecified atom stereocenters. The van der Waals surface area contributed by atoms with Crippen LogP contribution in [0.5, 0.6) is 0 Å². The number of anilines is 1. The Morgan fingerprint density at radius 3 is 2.36 bits per heavy atom. The van der Waals surface area contributed by atoms with Gasteiger partial charge in [0.15, 0.2) is 0 Å². The van der Waals surface area contributed by atoms with Gasteiger partial charge in [-0.1, -0.05) is 0 Å². The highest BCUT2D eigenvalue weighted by molar-refractivity contribution is 5.41. The first kappa shape index (κ1) is 13.3. The summed E-state index contributed by atoms with van der Waals surface area (Å²) in [6, 6.07) is 2.59. The van der Waals surface area contributed by atoms with Crippen molar-refractivity contribution in [2.45, 2.75) is 50.5 Å². The molecule has 1 aliphatic heterocycles. The molecule has 0 aromatic carbocycles. The highest BCUT2D eigenvalue weighted by Gasteiger charge is 2.49. The minimum absolute atomic E-state index is 0.305. The first-order chi connectivity index (χ1) is 10.8. The van der Waals surface area contributed by atoms with E-state index in [9.17, 15) is 0 Å². The van der Waals surface area contributed by atoms with Crippen LogP contribution in [0.2, 0.25) is 0 Å². The summed E-state index contributed by atoms with van der Waals surface area (Å²) >= 11 is 0. The van der Waals surface area contributed by atoms with Crippen molar-refractivity contribution < 1.29 is 0 Å². The number of hydrogen-bond acceptors (Lipinski definition) is 4. The van der Waals surface area contributed by atoms with Gasteiger partial charge in [0.25, 0.3) is 0 Å². The Labute approximate surface area is 132 Å². The van der Waals surface area contributed by atoms with E-state index in [2.05, 4.69) is 16.0 Å². The summed E-state index contributed by atoms with van der Waals surface area (Å²) in [5.41, 5.74) is 7.37. The quantitative estimate of drug-likeness (QED) is 0.911. The fourth-order valence-electron chi connectivity index (χ4n) is 6.12. The van der Waals surface area contributed by atoms with Crippen molar-refractivity contribution in [3.63, 3.8) is 0 Å². The summed E-state index contributed by atoms with van der Waals surface area (Å²) in [4.78, 5) is 11.6. The monoisotopic (exact) mass is 298 g/mol. The summed E-state index contributed by atoms with van der Waals surface area (Å²) in [5.74, 6) is 5.63. The third kappa shape index (κ3) is 2.07. The van der Waals surface area contributed by atoms with Crippen molar-refractivity contribution >= 4 is 5.82 Å². The van der Waals surface area contributed by atoms with Gasteiger partial charge in [0.05, 0.1) is 0 Å². The molecule has 5 aliphatic rings. The number of nitrogens with two attached hydrogens (primary N) is 1. The molecule has 4 heteroatoms. The minimum atomic E-state index is 0.305. The van der Waals surface area contributed by atoms with E-state index >= 15 is 0 Å². The molecule has 6 rings (SSSR count). The summed E-state index contributed by atoms with van der Waals surface area (Å²) in [6.45, 7) is 1.98. The van der Waals surface area contributed by atoms with Gasteiger partial charge in [-0.3, -0.25) is 0 Å². The van der Waals surface area contributed by atoms with Crippen molar-refractivity contribution in [1.82, 2.24) is 9.97 Å². The van der Waals surface area contributed by atoms with Crippen LogP contribution in [-0.2, 0) is 0 Å². The number of rotatable bonds is 2. The van der Waals surface area contributed by atoms with Gasteiger partial charge in [0, 0.05) is 36.8 Å². The largest absolute Gasteiger partial charge is 0.355 e. The predicted octanol–water partition coefficient (Wildman–Crippen LogP) is 2.55. The Morgan fingerprint density at radius 2 is 1.73 bits per heavy atom. The zero-order valence-electron chi connectivity index (χ0n) is 13.2. The normalized spacial score (nSPS) is 43.0. The molecule has 1 aromatic heterocycles. The molecule has 4 aliphatic carbocycles. The molecule has 4 saturated carbocycles. The van der Waals surface area contributed by atoms with Gasteiger partial charge < -0.3 is 10.6 Å². The highest BCUT2D eigenvalue weighted by atomic mass is 15.2. The van der Waals surface area contributed by atoms with Crippen molar-refractivity contribution in [1.29, 1.82) is 0 Å². The van der Waals surface area contributed by atoms with E-state index < -0.39 is 0 Å².